The van der Waals surface area contributed by atoms with E-state index in [9.17, 15) is 18.8 Å². The minimum Gasteiger partial charge on any atom is -0.462 e. The van der Waals surface area contributed by atoms with Crippen LogP contribution in [0.3, 0.4) is 0 Å². The van der Waals surface area contributed by atoms with Crippen molar-refractivity contribution in [3.63, 3.8) is 0 Å². The van der Waals surface area contributed by atoms with Crippen LogP contribution in [0.5, 0.6) is 0 Å². The molecule has 0 radical (unpaired) electrons. The molecule has 0 atom stereocenters. The highest BCUT2D eigenvalue weighted by atomic mass is 19.1. The smallest absolute Gasteiger partial charge is 0.409 e. The van der Waals surface area contributed by atoms with Gasteiger partial charge >= 0.3 is 12.1 Å². The SMILES string of the molecule is CCOC(=O)c1c[nH]c2nc(N3CCN(C(=O)OCC)CC3)cc(F)c2c1=O. The highest BCUT2D eigenvalue weighted by Crippen LogP contribution is 2.20. The lowest BCUT2D eigenvalue weighted by Crippen LogP contribution is -2.49. The second-order valence-electron chi connectivity index (χ2n) is 6.11. The minimum atomic E-state index is -0.816. The Hall–Kier alpha value is -3.17. The van der Waals surface area contributed by atoms with Crippen molar-refractivity contribution in [3.05, 3.63) is 33.9 Å². The van der Waals surface area contributed by atoms with E-state index in [1.165, 1.54) is 6.20 Å². The molecule has 1 N–H and O–H groups in total. The molecule has 0 unspecified atom stereocenters. The quantitative estimate of drug-likeness (QED) is 0.787. The van der Waals surface area contributed by atoms with Crippen LogP contribution in [-0.4, -0.2) is 66.3 Å². The summed E-state index contributed by atoms with van der Waals surface area (Å²) in [6, 6.07) is 1.16. The zero-order valence-corrected chi connectivity index (χ0v) is 15.7. The van der Waals surface area contributed by atoms with Crippen molar-refractivity contribution < 1.29 is 23.5 Å². The van der Waals surface area contributed by atoms with Gasteiger partial charge in [-0.25, -0.2) is 19.0 Å². The number of amides is 1. The van der Waals surface area contributed by atoms with Crippen LogP contribution in [-0.2, 0) is 9.47 Å². The van der Waals surface area contributed by atoms with Gasteiger partial charge in [-0.05, 0) is 13.8 Å². The molecule has 1 aliphatic heterocycles. The van der Waals surface area contributed by atoms with Crippen LogP contribution in [0.4, 0.5) is 15.0 Å². The number of halogens is 1. The van der Waals surface area contributed by atoms with E-state index < -0.39 is 17.2 Å². The number of hydrogen-bond acceptors (Lipinski definition) is 7. The number of aromatic amines is 1. The number of H-pyrrole nitrogens is 1. The Labute approximate surface area is 160 Å². The number of hydrogen-bond donors (Lipinski definition) is 1. The van der Waals surface area contributed by atoms with E-state index in [1.807, 2.05) is 4.90 Å². The van der Waals surface area contributed by atoms with E-state index in [4.69, 9.17) is 9.47 Å². The molecule has 9 nitrogen and oxygen atoms in total. The van der Waals surface area contributed by atoms with Gasteiger partial charge in [-0.15, -0.1) is 0 Å². The number of anilines is 1. The minimum absolute atomic E-state index is 0.0425. The Kier molecular flexibility index (Phi) is 5.76. The standard InChI is InChI=1S/C18H21FN4O5/c1-3-27-17(25)11-10-20-16-14(15(11)24)12(19)9-13(21-16)22-5-7-23(8-6-22)18(26)28-4-2/h9-10H,3-8H2,1-2H3,(H,20,21,24). The van der Waals surface area contributed by atoms with Gasteiger partial charge in [-0.1, -0.05) is 0 Å². The van der Waals surface area contributed by atoms with E-state index in [2.05, 4.69) is 9.97 Å². The molecule has 28 heavy (non-hydrogen) atoms. The fourth-order valence-electron chi connectivity index (χ4n) is 3.02. The molecule has 1 saturated heterocycles. The molecule has 10 heteroatoms. The highest BCUT2D eigenvalue weighted by molar-refractivity contribution is 5.93. The van der Waals surface area contributed by atoms with Crippen LogP contribution >= 0.6 is 0 Å². The fraction of sp³-hybridized carbons (Fsp3) is 0.444. The maximum atomic E-state index is 14.7. The summed E-state index contributed by atoms with van der Waals surface area (Å²) in [6.45, 7) is 5.49. The summed E-state index contributed by atoms with van der Waals surface area (Å²) in [5.74, 6) is -1.25. The summed E-state index contributed by atoms with van der Waals surface area (Å²) in [6.07, 6.45) is 0.799. The van der Waals surface area contributed by atoms with Crippen molar-refractivity contribution in [2.45, 2.75) is 13.8 Å². The first-order valence-electron chi connectivity index (χ1n) is 9.02. The molecule has 2 aromatic heterocycles. The van der Waals surface area contributed by atoms with E-state index >= 15 is 0 Å². The summed E-state index contributed by atoms with van der Waals surface area (Å²) in [5, 5.41) is -0.292. The summed E-state index contributed by atoms with van der Waals surface area (Å²) < 4.78 is 24.5. The summed E-state index contributed by atoms with van der Waals surface area (Å²) in [5.41, 5.74) is -0.998. The molecule has 0 spiro atoms. The number of nitrogens with zero attached hydrogens (tertiary/aromatic N) is 3. The number of pyridine rings is 2. The predicted molar refractivity (Wildman–Crippen MR) is 99.1 cm³/mol. The number of ether oxygens (including phenoxy) is 2. The molecule has 0 saturated carbocycles. The molecule has 2 aromatic rings. The number of rotatable bonds is 4. The lowest BCUT2D eigenvalue weighted by atomic mass is 10.2. The van der Waals surface area contributed by atoms with E-state index in [-0.39, 0.29) is 29.3 Å². The Morgan fingerprint density at radius 1 is 1.18 bits per heavy atom. The Bertz CT molecular complexity index is 953. The first-order valence-corrected chi connectivity index (χ1v) is 9.02. The van der Waals surface area contributed by atoms with E-state index in [1.54, 1.807) is 18.7 Å². The van der Waals surface area contributed by atoms with Crippen LogP contribution in [0.15, 0.2) is 17.1 Å². The molecular weight excluding hydrogens is 371 g/mol. The number of nitrogens with one attached hydrogen (secondary N) is 1. The van der Waals surface area contributed by atoms with Crippen LogP contribution < -0.4 is 10.3 Å². The van der Waals surface area contributed by atoms with Gasteiger partial charge in [0.05, 0.1) is 13.2 Å². The maximum absolute atomic E-state index is 14.7. The number of piperazine rings is 1. The second kappa shape index (κ2) is 8.24. The van der Waals surface area contributed by atoms with Gasteiger partial charge in [0.2, 0.25) is 5.43 Å². The molecule has 150 valence electrons. The van der Waals surface area contributed by atoms with Gasteiger partial charge in [0, 0.05) is 38.4 Å². The maximum Gasteiger partial charge on any atom is 0.409 e. The third-order valence-corrected chi connectivity index (χ3v) is 4.41. The van der Waals surface area contributed by atoms with Crippen molar-refractivity contribution >= 4 is 28.9 Å². The zero-order valence-electron chi connectivity index (χ0n) is 15.7. The molecule has 0 aliphatic carbocycles. The monoisotopic (exact) mass is 392 g/mol. The largest absolute Gasteiger partial charge is 0.462 e. The van der Waals surface area contributed by atoms with Crippen LogP contribution in [0.2, 0.25) is 0 Å². The van der Waals surface area contributed by atoms with Gasteiger partial charge in [-0.3, -0.25) is 4.79 Å². The second-order valence-corrected chi connectivity index (χ2v) is 6.11. The third-order valence-electron chi connectivity index (χ3n) is 4.41. The van der Waals surface area contributed by atoms with Crippen LogP contribution in [0.25, 0.3) is 11.0 Å². The van der Waals surface area contributed by atoms with Crippen molar-refractivity contribution in [2.24, 2.45) is 0 Å². The molecule has 3 heterocycles. The van der Waals surface area contributed by atoms with Gasteiger partial charge in [-0.2, -0.15) is 0 Å². The summed E-state index contributed by atoms with van der Waals surface area (Å²) in [4.78, 5) is 46.5. The summed E-state index contributed by atoms with van der Waals surface area (Å²) in [7, 11) is 0. The van der Waals surface area contributed by atoms with Gasteiger partial charge < -0.3 is 24.3 Å². The van der Waals surface area contributed by atoms with Gasteiger partial charge in [0.1, 0.15) is 28.2 Å². The fourth-order valence-corrected chi connectivity index (χ4v) is 3.02. The Balaban J connectivity index is 1.85. The van der Waals surface area contributed by atoms with E-state index in [0.717, 1.165) is 6.07 Å². The number of fused-ring (bicyclic) bond motifs is 1. The number of aromatic nitrogens is 2. The molecule has 0 aromatic carbocycles. The third kappa shape index (κ3) is 3.75. The average molecular weight is 392 g/mol. The number of esters is 1. The van der Waals surface area contributed by atoms with Gasteiger partial charge in [0.25, 0.3) is 0 Å². The van der Waals surface area contributed by atoms with Crippen LogP contribution in [0, 0.1) is 5.82 Å². The topological polar surface area (TPSA) is 105 Å². The lowest BCUT2D eigenvalue weighted by Gasteiger charge is -2.34. The first kappa shape index (κ1) is 19.6. The molecule has 0 bridgehead atoms. The highest BCUT2D eigenvalue weighted by Gasteiger charge is 2.24. The molecule has 3 rings (SSSR count). The Morgan fingerprint density at radius 2 is 1.86 bits per heavy atom. The molecule has 1 amide bonds. The predicted octanol–water partition coefficient (Wildman–Crippen LogP) is 1.52. The van der Waals surface area contributed by atoms with Crippen LogP contribution in [0.1, 0.15) is 24.2 Å². The van der Waals surface area contributed by atoms with Gasteiger partial charge in [0.15, 0.2) is 0 Å². The number of carbonyl (C=O) groups excluding carboxylic acids is 2. The van der Waals surface area contributed by atoms with Crippen molar-refractivity contribution in [3.8, 4) is 0 Å². The number of carbonyl (C=O) groups is 2. The molecule has 1 fully saturated rings. The Morgan fingerprint density at radius 3 is 2.50 bits per heavy atom. The van der Waals surface area contributed by atoms with Crippen molar-refractivity contribution in [1.82, 2.24) is 14.9 Å². The molecule has 1 aliphatic rings. The van der Waals surface area contributed by atoms with E-state index in [0.29, 0.717) is 38.6 Å². The first-order chi connectivity index (χ1) is 13.5. The zero-order chi connectivity index (χ0) is 20.3. The normalized spacial score (nSPS) is 14.2. The summed E-state index contributed by atoms with van der Waals surface area (Å²) >= 11 is 0. The average Bonchev–Trinajstić information content (AvgIpc) is 2.68. The lowest BCUT2D eigenvalue weighted by molar-refractivity contribution is 0.0524. The van der Waals surface area contributed by atoms with Crippen molar-refractivity contribution in [1.29, 1.82) is 0 Å². The van der Waals surface area contributed by atoms with Crippen molar-refractivity contribution in [2.75, 3.05) is 44.3 Å². The molecular formula is C18H21FN4O5.